The lowest BCUT2D eigenvalue weighted by Gasteiger charge is -2.70. The van der Waals surface area contributed by atoms with Crippen molar-refractivity contribution in [3.05, 3.63) is 0 Å². The van der Waals surface area contributed by atoms with Gasteiger partial charge in [0.05, 0.1) is 11.5 Å². The van der Waals surface area contributed by atoms with Crippen LogP contribution < -0.4 is 0 Å². The fourth-order valence-electron chi connectivity index (χ4n) is 3.28. The number of carbonyl (C=O) groups excluding carboxylic acids is 1. The highest BCUT2D eigenvalue weighted by Gasteiger charge is 2.69. The molecule has 1 saturated heterocycles. The standard InChI is InChI=1S/C11H17NO3/c1-7(13)12-5-4-11(12)6-8(9(14)15)10(11,2)3/h8H,4-6H2,1-3H3,(H,14,15). The molecule has 1 heterocycles. The lowest BCUT2D eigenvalue weighted by atomic mass is 9.45. The minimum Gasteiger partial charge on any atom is -0.481 e. The molecule has 1 saturated carbocycles. The summed E-state index contributed by atoms with van der Waals surface area (Å²) in [5, 5.41) is 9.04. The molecule has 2 unspecified atom stereocenters. The second-order valence-electron chi connectivity index (χ2n) is 5.27. The third-order valence-corrected chi connectivity index (χ3v) is 4.56. The van der Waals surface area contributed by atoms with E-state index >= 15 is 0 Å². The number of carboxylic acid groups (broad SMARTS) is 1. The number of aliphatic carboxylic acids is 1. The van der Waals surface area contributed by atoms with Crippen molar-refractivity contribution in [1.82, 2.24) is 4.90 Å². The van der Waals surface area contributed by atoms with Crippen molar-refractivity contribution in [3.63, 3.8) is 0 Å². The van der Waals surface area contributed by atoms with Gasteiger partial charge in [-0.05, 0) is 12.8 Å². The van der Waals surface area contributed by atoms with Crippen LogP contribution in [0.5, 0.6) is 0 Å². The molecule has 0 aromatic carbocycles. The molecule has 0 radical (unpaired) electrons. The number of amides is 1. The lowest BCUT2D eigenvalue weighted by Crippen LogP contribution is -2.78. The first-order valence-corrected chi connectivity index (χ1v) is 5.34. The highest BCUT2D eigenvalue weighted by molar-refractivity contribution is 5.79. The highest BCUT2D eigenvalue weighted by Crippen LogP contribution is 2.62. The molecule has 1 N–H and O–H groups in total. The zero-order chi connectivity index (χ0) is 11.4. The van der Waals surface area contributed by atoms with Crippen molar-refractivity contribution in [2.24, 2.45) is 11.3 Å². The van der Waals surface area contributed by atoms with Crippen LogP contribution in [0.2, 0.25) is 0 Å². The number of nitrogens with zero attached hydrogens (tertiary/aromatic N) is 1. The summed E-state index contributed by atoms with van der Waals surface area (Å²) in [5.74, 6) is -0.973. The predicted octanol–water partition coefficient (Wildman–Crippen LogP) is 1.11. The Balaban J connectivity index is 2.21. The summed E-state index contributed by atoms with van der Waals surface area (Å²) in [6.07, 6.45) is 1.57. The van der Waals surface area contributed by atoms with E-state index in [4.69, 9.17) is 5.11 Å². The molecule has 2 aliphatic rings. The first kappa shape index (κ1) is 10.5. The minimum absolute atomic E-state index is 0.0677. The first-order valence-electron chi connectivity index (χ1n) is 5.34. The second kappa shape index (κ2) is 2.74. The maximum atomic E-state index is 11.4. The van der Waals surface area contributed by atoms with Gasteiger partial charge in [-0.2, -0.15) is 0 Å². The summed E-state index contributed by atoms with van der Waals surface area (Å²) < 4.78 is 0. The van der Waals surface area contributed by atoms with E-state index in [0.29, 0.717) is 6.42 Å². The van der Waals surface area contributed by atoms with E-state index in [-0.39, 0.29) is 22.8 Å². The number of hydrogen-bond donors (Lipinski definition) is 1. The van der Waals surface area contributed by atoms with Crippen LogP contribution in [0.1, 0.15) is 33.6 Å². The molecule has 1 amide bonds. The molecule has 15 heavy (non-hydrogen) atoms. The highest BCUT2D eigenvalue weighted by atomic mass is 16.4. The average molecular weight is 211 g/mol. The monoisotopic (exact) mass is 211 g/mol. The van der Waals surface area contributed by atoms with Crippen LogP contribution in [0.15, 0.2) is 0 Å². The molecule has 4 nitrogen and oxygen atoms in total. The third kappa shape index (κ3) is 1.02. The number of rotatable bonds is 1. The number of likely N-dealkylation sites (tertiary alicyclic amines) is 1. The van der Waals surface area contributed by atoms with Gasteiger partial charge in [-0.25, -0.2) is 0 Å². The maximum Gasteiger partial charge on any atom is 0.307 e. The minimum atomic E-state index is -0.735. The molecule has 0 aromatic rings. The SMILES string of the molecule is CC(=O)N1CCC12CC(C(=O)O)C2(C)C. The Kier molecular flexibility index (Phi) is 1.91. The molecule has 2 rings (SSSR count). The van der Waals surface area contributed by atoms with E-state index in [2.05, 4.69) is 0 Å². The van der Waals surface area contributed by atoms with Gasteiger partial charge in [0.15, 0.2) is 0 Å². The van der Waals surface area contributed by atoms with Crippen LogP contribution in [0.4, 0.5) is 0 Å². The topological polar surface area (TPSA) is 57.6 Å². The Morgan fingerprint density at radius 2 is 2.00 bits per heavy atom. The van der Waals surface area contributed by atoms with Gasteiger partial charge < -0.3 is 10.0 Å². The number of hydrogen-bond acceptors (Lipinski definition) is 2. The van der Waals surface area contributed by atoms with Crippen molar-refractivity contribution in [2.75, 3.05) is 6.54 Å². The second-order valence-corrected chi connectivity index (χ2v) is 5.27. The van der Waals surface area contributed by atoms with Crippen LogP contribution in [0.3, 0.4) is 0 Å². The van der Waals surface area contributed by atoms with Crippen LogP contribution in [0.25, 0.3) is 0 Å². The predicted molar refractivity (Wildman–Crippen MR) is 54.3 cm³/mol. The Hall–Kier alpha value is -1.06. The molecule has 1 aliphatic heterocycles. The maximum absolute atomic E-state index is 11.4. The number of carboxylic acids is 1. The van der Waals surface area contributed by atoms with Gasteiger partial charge >= 0.3 is 5.97 Å². The Morgan fingerprint density at radius 1 is 1.40 bits per heavy atom. The lowest BCUT2D eigenvalue weighted by molar-refractivity contribution is -0.218. The zero-order valence-corrected chi connectivity index (χ0v) is 9.41. The van der Waals surface area contributed by atoms with Gasteiger partial charge in [-0.15, -0.1) is 0 Å². The van der Waals surface area contributed by atoms with Crippen LogP contribution in [-0.2, 0) is 9.59 Å². The zero-order valence-electron chi connectivity index (χ0n) is 9.41. The molecule has 0 aromatic heterocycles. The molecular formula is C11H17NO3. The van der Waals surface area contributed by atoms with Gasteiger partial charge in [0.25, 0.3) is 0 Å². The average Bonchev–Trinajstić information content (AvgIpc) is 1.98. The molecule has 2 fully saturated rings. The Labute approximate surface area is 89.3 Å². The Bertz CT molecular complexity index is 337. The summed E-state index contributed by atoms with van der Waals surface area (Å²) in [6.45, 7) is 6.27. The van der Waals surface area contributed by atoms with E-state index in [1.165, 1.54) is 0 Å². The molecule has 1 aliphatic carbocycles. The third-order valence-electron chi connectivity index (χ3n) is 4.56. The molecular weight excluding hydrogens is 194 g/mol. The van der Waals surface area contributed by atoms with Gasteiger partial charge in [0.1, 0.15) is 0 Å². The molecule has 0 bridgehead atoms. The molecule has 2 atom stereocenters. The van der Waals surface area contributed by atoms with Gasteiger partial charge in [-0.3, -0.25) is 9.59 Å². The van der Waals surface area contributed by atoms with Gasteiger partial charge in [0, 0.05) is 18.9 Å². The Morgan fingerprint density at radius 3 is 2.27 bits per heavy atom. The van der Waals surface area contributed by atoms with Crippen LogP contribution in [0, 0.1) is 11.3 Å². The fraction of sp³-hybridized carbons (Fsp3) is 0.818. The summed E-state index contributed by atoms with van der Waals surface area (Å²) >= 11 is 0. The largest absolute Gasteiger partial charge is 0.481 e. The molecule has 1 spiro atoms. The van der Waals surface area contributed by atoms with Crippen LogP contribution >= 0.6 is 0 Å². The first-order chi connectivity index (χ1) is 6.83. The van der Waals surface area contributed by atoms with Crippen LogP contribution in [-0.4, -0.2) is 34.0 Å². The number of carbonyl (C=O) groups is 2. The molecule has 84 valence electrons. The summed E-state index contributed by atoms with van der Waals surface area (Å²) in [5.41, 5.74) is -0.454. The smallest absolute Gasteiger partial charge is 0.307 e. The van der Waals surface area contributed by atoms with Crippen molar-refractivity contribution < 1.29 is 14.7 Å². The quantitative estimate of drug-likeness (QED) is 0.706. The van der Waals surface area contributed by atoms with Gasteiger partial charge in [0.2, 0.25) is 5.91 Å². The van der Waals surface area contributed by atoms with Crippen molar-refractivity contribution >= 4 is 11.9 Å². The van der Waals surface area contributed by atoms with E-state index in [9.17, 15) is 9.59 Å². The van der Waals surface area contributed by atoms with Gasteiger partial charge in [-0.1, -0.05) is 13.8 Å². The van der Waals surface area contributed by atoms with Crippen molar-refractivity contribution in [1.29, 1.82) is 0 Å². The van der Waals surface area contributed by atoms with E-state index in [0.717, 1.165) is 13.0 Å². The van der Waals surface area contributed by atoms with E-state index in [1.807, 2.05) is 18.7 Å². The summed E-state index contributed by atoms with van der Waals surface area (Å²) in [7, 11) is 0. The summed E-state index contributed by atoms with van der Waals surface area (Å²) in [4.78, 5) is 24.2. The molecule has 4 heteroatoms. The summed E-state index contributed by atoms with van der Waals surface area (Å²) in [6, 6.07) is 0. The normalized spacial score (nSPS) is 37.0. The van der Waals surface area contributed by atoms with Crippen molar-refractivity contribution in [3.8, 4) is 0 Å². The fourth-order valence-corrected chi connectivity index (χ4v) is 3.28. The van der Waals surface area contributed by atoms with E-state index in [1.54, 1.807) is 6.92 Å². The van der Waals surface area contributed by atoms with E-state index < -0.39 is 5.97 Å². The van der Waals surface area contributed by atoms with Crippen molar-refractivity contribution in [2.45, 2.75) is 39.2 Å².